The third-order valence-electron chi connectivity index (χ3n) is 1.29. The van der Waals surface area contributed by atoms with Crippen molar-refractivity contribution in [2.24, 2.45) is 0 Å². The maximum Gasteiger partial charge on any atom is 0.439 e. The molecule has 1 unspecified atom stereocenters. The van der Waals surface area contributed by atoms with E-state index in [1.165, 1.54) is 0 Å². The van der Waals surface area contributed by atoms with Gasteiger partial charge in [-0.25, -0.2) is 18.0 Å². The van der Waals surface area contributed by atoms with E-state index in [1.54, 1.807) is 0 Å². The van der Waals surface area contributed by atoms with E-state index < -0.39 is 30.7 Å². The zero-order valence-electron chi connectivity index (χ0n) is 6.12. The van der Waals surface area contributed by atoms with Gasteiger partial charge in [0.15, 0.2) is 0 Å². The predicted octanol–water partition coefficient (Wildman–Crippen LogP) is 2.00. The number of carboxylic acids is 1. The highest BCUT2D eigenvalue weighted by atomic mass is 19.4. The minimum absolute atomic E-state index is 0.450. The summed E-state index contributed by atoms with van der Waals surface area (Å²) in [6, 6.07) is 0. The lowest BCUT2D eigenvalue weighted by molar-refractivity contribution is -0.291. The SMILES string of the molecule is CC(F)(F)C(F)(C(=O)O)C(F)(F)F. The van der Waals surface area contributed by atoms with Crippen molar-refractivity contribution >= 4 is 5.97 Å². The van der Waals surface area contributed by atoms with Gasteiger partial charge in [-0.15, -0.1) is 0 Å². The Bertz CT molecular complexity index is 200. The Labute approximate surface area is 68.1 Å². The third-order valence-corrected chi connectivity index (χ3v) is 1.29. The van der Waals surface area contributed by atoms with Crippen LogP contribution in [0.3, 0.4) is 0 Å². The second-order valence-corrected chi connectivity index (χ2v) is 2.35. The first-order chi connectivity index (χ1) is 5.44. The maximum atomic E-state index is 12.5. The maximum absolute atomic E-state index is 12.5. The predicted molar refractivity (Wildman–Crippen MR) is 28.2 cm³/mol. The number of hydrogen-bond acceptors (Lipinski definition) is 1. The molecule has 0 amide bonds. The van der Waals surface area contributed by atoms with Gasteiger partial charge in [-0.3, -0.25) is 0 Å². The van der Waals surface area contributed by atoms with Gasteiger partial charge in [0.1, 0.15) is 0 Å². The van der Waals surface area contributed by atoms with Gasteiger partial charge >= 0.3 is 17.8 Å². The zero-order chi connectivity index (χ0) is 11.1. The van der Waals surface area contributed by atoms with E-state index in [-0.39, 0.29) is 0 Å². The average molecular weight is 210 g/mol. The van der Waals surface area contributed by atoms with E-state index in [1.807, 2.05) is 0 Å². The molecule has 0 rings (SSSR count). The van der Waals surface area contributed by atoms with Gasteiger partial charge in [0.25, 0.3) is 5.92 Å². The van der Waals surface area contributed by atoms with Gasteiger partial charge in [0.2, 0.25) is 0 Å². The number of carbonyl (C=O) groups is 1. The Morgan fingerprint density at radius 3 is 1.38 bits per heavy atom. The molecule has 0 fully saturated rings. The van der Waals surface area contributed by atoms with Crippen molar-refractivity contribution in [1.82, 2.24) is 0 Å². The molecule has 13 heavy (non-hydrogen) atoms. The van der Waals surface area contributed by atoms with Crippen LogP contribution in [0.1, 0.15) is 6.92 Å². The molecule has 0 aromatic rings. The molecular weight excluding hydrogens is 206 g/mol. The van der Waals surface area contributed by atoms with Crippen molar-refractivity contribution in [3.05, 3.63) is 0 Å². The highest BCUT2D eigenvalue weighted by molar-refractivity contribution is 5.80. The van der Waals surface area contributed by atoms with Crippen molar-refractivity contribution in [1.29, 1.82) is 0 Å². The number of carboxylic acid groups (broad SMARTS) is 1. The topological polar surface area (TPSA) is 37.3 Å². The molecule has 1 N–H and O–H groups in total. The first-order valence-electron chi connectivity index (χ1n) is 2.81. The Morgan fingerprint density at radius 1 is 1.08 bits per heavy atom. The minimum Gasteiger partial charge on any atom is -0.478 e. The zero-order valence-corrected chi connectivity index (χ0v) is 6.12. The standard InChI is InChI=1S/C5H4F6O2/c1-3(6,7)4(8,2(12)13)5(9,10)11/h1H3,(H,12,13). The van der Waals surface area contributed by atoms with Crippen molar-refractivity contribution in [3.63, 3.8) is 0 Å². The highest BCUT2D eigenvalue weighted by Crippen LogP contribution is 2.45. The highest BCUT2D eigenvalue weighted by Gasteiger charge is 2.74. The fourth-order valence-electron chi connectivity index (χ4n) is 0.558. The summed E-state index contributed by atoms with van der Waals surface area (Å²) >= 11 is 0. The van der Waals surface area contributed by atoms with Crippen LogP contribution in [0.15, 0.2) is 0 Å². The van der Waals surface area contributed by atoms with Gasteiger partial charge in [-0.1, -0.05) is 0 Å². The number of hydrogen-bond donors (Lipinski definition) is 1. The lowest BCUT2D eigenvalue weighted by Crippen LogP contribution is -2.59. The second kappa shape index (κ2) is 2.78. The van der Waals surface area contributed by atoms with Crippen LogP contribution in [0.2, 0.25) is 0 Å². The van der Waals surface area contributed by atoms with Gasteiger partial charge in [0.05, 0.1) is 0 Å². The molecule has 0 aromatic carbocycles. The minimum atomic E-state index is -6.16. The van der Waals surface area contributed by atoms with Gasteiger partial charge in [0, 0.05) is 6.92 Å². The molecule has 0 heterocycles. The van der Waals surface area contributed by atoms with Gasteiger partial charge in [-0.2, -0.15) is 13.2 Å². The lowest BCUT2D eigenvalue weighted by atomic mass is 9.99. The van der Waals surface area contributed by atoms with Gasteiger partial charge < -0.3 is 5.11 Å². The molecule has 0 radical (unpaired) electrons. The number of alkyl halides is 6. The summed E-state index contributed by atoms with van der Waals surface area (Å²) in [5.41, 5.74) is -5.54. The Balaban J connectivity index is 5.35. The largest absolute Gasteiger partial charge is 0.478 e. The second-order valence-electron chi connectivity index (χ2n) is 2.35. The Morgan fingerprint density at radius 2 is 1.38 bits per heavy atom. The summed E-state index contributed by atoms with van der Waals surface area (Å²) in [5, 5.41) is 7.73. The van der Waals surface area contributed by atoms with E-state index in [0.29, 0.717) is 0 Å². The van der Waals surface area contributed by atoms with Crippen molar-refractivity contribution in [2.75, 3.05) is 0 Å². The van der Waals surface area contributed by atoms with Crippen LogP contribution in [-0.2, 0) is 4.79 Å². The van der Waals surface area contributed by atoms with Crippen LogP contribution in [0.4, 0.5) is 26.3 Å². The quantitative estimate of drug-likeness (QED) is 0.707. The molecule has 0 aliphatic heterocycles. The van der Waals surface area contributed by atoms with E-state index in [2.05, 4.69) is 0 Å². The first-order valence-corrected chi connectivity index (χ1v) is 2.81. The molecule has 1 atom stereocenters. The van der Waals surface area contributed by atoms with Crippen molar-refractivity contribution in [3.8, 4) is 0 Å². The first kappa shape index (κ1) is 12.0. The molecule has 0 saturated heterocycles. The average Bonchev–Trinajstić information content (AvgIpc) is 1.80. The van der Waals surface area contributed by atoms with E-state index >= 15 is 0 Å². The third kappa shape index (κ3) is 1.70. The smallest absolute Gasteiger partial charge is 0.439 e. The molecule has 8 heteroatoms. The summed E-state index contributed by atoms with van der Waals surface area (Å²) in [4.78, 5) is 9.74. The lowest BCUT2D eigenvalue weighted by Gasteiger charge is -2.28. The molecule has 0 aliphatic carbocycles. The Kier molecular flexibility index (Phi) is 2.57. The molecule has 78 valence electrons. The van der Waals surface area contributed by atoms with Crippen molar-refractivity contribution < 1.29 is 36.2 Å². The van der Waals surface area contributed by atoms with E-state index in [9.17, 15) is 31.1 Å². The molecule has 2 nitrogen and oxygen atoms in total. The number of rotatable bonds is 2. The Hall–Kier alpha value is -0.950. The van der Waals surface area contributed by atoms with E-state index in [4.69, 9.17) is 5.11 Å². The van der Waals surface area contributed by atoms with Crippen LogP contribution in [0.5, 0.6) is 0 Å². The summed E-state index contributed by atoms with van der Waals surface area (Å²) in [5.74, 6) is -8.29. The fraction of sp³-hybridized carbons (Fsp3) is 0.800. The molecule has 0 saturated carbocycles. The fourth-order valence-corrected chi connectivity index (χ4v) is 0.558. The van der Waals surface area contributed by atoms with Crippen LogP contribution in [0.25, 0.3) is 0 Å². The van der Waals surface area contributed by atoms with Crippen LogP contribution >= 0.6 is 0 Å². The van der Waals surface area contributed by atoms with Crippen molar-refractivity contribution in [2.45, 2.75) is 24.7 Å². The molecule has 0 spiro atoms. The van der Waals surface area contributed by atoms with Crippen LogP contribution in [-0.4, -0.2) is 28.8 Å². The monoisotopic (exact) mass is 210 g/mol. The van der Waals surface area contributed by atoms with E-state index in [0.717, 1.165) is 0 Å². The summed E-state index contributed by atoms with van der Waals surface area (Å²) in [6.07, 6.45) is -6.16. The molecule has 0 aromatic heterocycles. The molecule has 0 aliphatic rings. The summed E-state index contributed by atoms with van der Waals surface area (Å²) in [6.45, 7) is -0.450. The summed E-state index contributed by atoms with van der Waals surface area (Å²) < 4.78 is 71.4. The van der Waals surface area contributed by atoms with Crippen LogP contribution in [0, 0.1) is 0 Å². The van der Waals surface area contributed by atoms with Gasteiger partial charge in [-0.05, 0) is 0 Å². The molecular formula is C5H4F6O2. The number of halogens is 6. The molecule has 0 bridgehead atoms. The van der Waals surface area contributed by atoms with Crippen LogP contribution < -0.4 is 0 Å². The summed E-state index contributed by atoms with van der Waals surface area (Å²) in [7, 11) is 0. The number of aliphatic carboxylic acids is 1. The normalized spacial score (nSPS) is 18.1.